The first kappa shape index (κ1) is 27.2. The number of carbonyl (C=O) groups is 2. The van der Waals surface area contributed by atoms with Crippen LogP contribution < -0.4 is 14.8 Å². The molecule has 0 radical (unpaired) electrons. The Kier molecular flexibility index (Phi) is 7.72. The molecule has 5 rings (SSSR count). The van der Waals surface area contributed by atoms with Crippen LogP contribution in [0.2, 0.25) is 0 Å². The molecule has 1 fully saturated rings. The highest BCUT2D eigenvalue weighted by molar-refractivity contribution is 8.18. The van der Waals surface area contributed by atoms with E-state index in [1.54, 1.807) is 43.5 Å². The summed E-state index contributed by atoms with van der Waals surface area (Å²) in [7, 11) is -2.31. The zero-order valence-electron chi connectivity index (χ0n) is 21.7. The maximum Gasteiger partial charge on any atom is 0.264 e. The number of amidine groups is 1. The van der Waals surface area contributed by atoms with E-state index >= 15 is 0 Å². The number of hydrogen-bond donors (Lipinski definition) is 2. The number of amides is 2. The van der Waals surface area contributed by atoms with Crippen molar-refractivity contribution >= 4 is 61.3 Å². The summed E-state index contributed by atoms with van der Waals surface area (Å²) in [4.78, 5) is 30.0. The van der Waals surface area contributed by atoms with Crippen molar-refractivity contribution in [3.63, 3.8) is 0 Å². The zero-order chi connectivity index (χ0) is 28.3. The standard InChI is InChI=1S/C30H25N3O5S2/c1-19-3-13-26(14-4-19)40(36,37)33-28(34)17-20-6-10-24(11-7-20)31-30-32-29(35)27(39-30)16-21-5-8-23-18-25(38-2)12-9-22(23)15-21/h3-16,18H,17H2,1-2H3,(H,33,34)(H,31,32,35). The Balaban J connectivity index is 1.22. The third-order valence-corrected chi connectivity index (χ3v) is 8.43. The van der Waals surface area contributed by atoms with Gasteiger partial charge in [-0.05, 0) is 89.1 Å². The molecule has 2 amide bonds. The Bertz CT molecular complexity index is 1780. The van der Waals surface area contributed by atoms with Crippen LogP contribution >= 0.6 is 11.8 Å². The van der Waals surface area contributed by atoms with Crippen LogP contribution in [0.3, 0.4) is 0 Å². The molecule has 0 aliphatic carbocycles. The van der Waals surface area contributed by atoms with Crippen LogP contribution in [0, 0.1) is 6.92 Å². The molecule has 1 aliphatic heterocycles. The number of carbonyl (C=O) groups excluding carboxylic acids is 2. The first-order chi connectivity index (χ1) is 19.2. The number of aliphatic imine (C=N–C) groups is 1. The van der Waals surface area contributed by atoms with E-state index in [0.29, 0.717) is 21.3 Å². The van der Waals surface area contributed by atoms with Gasteiger partial charge in [0.2, 0.25) is 5.91 Å². The minimum absolute atomic E-state index is 0.0310. The fraction of sp³-hybridized carbons (Fsp3) is 0.100. The lowest BCUT2D eigenvalue weighted by atomic mass is 10.1. The van der Waals surface area contributed by atoms with E-state index in [9.17, 15) is 18.0 Å². The number of rotatable bonds is 7. The lowest BCUT2D eigenvalue weighted by Crippen LogP contribution is -2.31. The van der Waals surface area contributed by atoms with Crippen LogP contribution in [0.4, 0.5) is 5.69 Å². The van der Waals surface area contributed by atoms with E-state index in [-0.39, 0.29) is 17.2 Å². The highest BCUT2D eigenvalue weighted by atomic mass is 32.2. The van der Waals surface area contributed by atoms with Gasteiger partial charge in [-0.15, -0.1) is 0 Å². The molecule has 0 bridgehead atoms. The summed E-state index contributed by atoms with van der Waals surface area (Å²) in [6.45, 7) is 1.85. The fourth-order valence-electron chi connectivity index (χ4n) is 4.04. The topological polar surface area (TPSA) is 114 Å². The smallest absolute Gasteiger partial charge is 0.264 e. The minimum Gasteiger partial charge on any atom is -0.497 e. The lowest BCUT2D eigenvalue weighted by Gasteiger charge is -2.07. The van der Waals surface area contributed by atoms with Crippen molar-refractivity contribution < 1.29 is 22.7 Å². The number of aryl methyl sites for hydroxylation is 1. The van der Waals surface area contributed by atoms with E-state index in [1.165, 1.54) is 23.9 Å². The Morgan fingerprint density at radius 3 is 2.40 bits per heavy atom. The zero-order valence-corrected chi connectivity index (χ0v) is 23.3. The summed E-state index contributed by atoms with van der Waals surface area (Å²) in [5.74, 6) is -0.0879. The predicted octanol–water partition coefficient (Wildman–Crippen LogP) is 5.10. The van der Waals surface area contributed by atoms with Gasteiger partial charge in [0.25, 0.3) is 15.9 Å². The van der Waals surface area contributed by atoms with Gasteiger partial charge in [-0.1, -0.05) is 48.0 Å². The largest absolute Gasteiger partial charge is 0.497 e. The van der Waals surface area contributed by atoms with Crippen LogP contribution in [0.5, 0.6) is 5.75 Å². The summed E-state index contributed by atoms with van der Waals surface area (Å²) in [6.07, 6.45) is 1.71. The van der Waals surface area contributed by atoms with Crippen molar-refractivity contribution in [1.29, 1.82) is 0 Å². The van der Waals surface area contributed by atoms with Gasteiger partial charge in [-0.3, -0.25) is 9.59 Å². The molecule has 0 aromatic heterocycles. The molecule has 1 saturated heterocycles. The minimum atomic E-state index is -3.94. The molecule has 202 valence electrons. The molecule has 4 aromatic carbocycles. The number of hydrogen-bond acceptors (Lipinski definition) is 7. The first-order valence-corrected chi connectivity index (χ1v) is 14.6. The molecule has 8 nitrogen and oxygen atoms in total. The van der Waals surface area contributed by atoms with E-state index in [2.05, 4.69) is 15.0 Å². The van der Waals surface area contributed by atoms with Crippen molar-refractivity contribution in [2.45, 2.75) is 18.2 Å². The maximum atomic E-state index is 12.5. The Labute approximate surface area is 236 Å². The Morgan fingerprint density at radius 2 is 1.68 bits per heavy atom. The summed E-state index contributed by atoms with van der Waals surface area (Å²) in [5, 5.41) is 5.29. The van der Waals surface area contributed by atoms with Gasteiger partial charge in [-0.25, -0.2) is 18.1 Å². The van der Waals surface area contributed by atoms with Crippen molar-refractivity contribution in [2.75, 3.05) is 7.11 Å². The van der Waals surface area contributed by atoms with Gasteiger partial charge in [-0.2, -0.15) is 0 Å². The second-order valence-corrected chi connectivity index (χ2v) is 11.9. The van der Waals surface area contributed by atoms with E-state index in [1.807, 2.05) is 49.4 Å². The highest BCUT2D eigenvalue weighted by Crippen LogP contribution is 2.29. The molecule has 4 aromatic rings. The quantitative estimate of drug-likeness (QED) is 0.299. The van der Waals surface area contributed by atoms with Crippen molar-refractivity contribution in [3.05, 3.63) is 107 Å². The third kappa shape index (κ3) is 6.41. The number of nitrogens with zero attached hydrogens (tertiary/aromatic N) is 1. The van der Waals surface area contributed by atoms with Crippen LogP contribution in [0.1, 0.15) is 16.7 Å². The molecular weight excluding hydrogens is 546 g/mol. The fourth-order valence-corrected chi connectivity index (χ4v) is 5.87. The van der Waals surface area contributed by atoms with Crippen molar-refractivity contribution in [1.82, 2.24) is 10.0 Å². The summed E-state index contributed by atoms with van der Waals surface area (Å²) in [5.41, 5.74) is 3.02. The Hall–Kier alpha value is -4.41. The third-order valence-electron chi connectivity index (χ3n) is 6.13. The van der Waals surface area contributed by atoms with Crippen LogP contribution in [-0.4, -0.2) is 32.5 Å². The number of thioether (sulfide) groups is 1. The molecule has 1 aliphatic rings. The number of benzene rings is 4. The van der Waals surface area contributed by atoms with Gasteiger partial charge in [0.05, 0.1) is 29.0 Å². The van der Waals surface area contributed by atoms with Crippen molar-refractivity contribution in [3.8, 4) is 5.75 Å². The predicted molar refractivity (Wildman–Crippen MR) is 158 cm³/mol. The second kappa shape index (κ2) is 11.4. The SMILES string of the molecule is COc1ccc2cc(C=C3SC(=Nc4ccc(CC(=O)NS(=O)(=O)c5ccc(C)cc5)cc4)NC3=O)ccc2c1. The average Bonchev–Trinajstić information content (AvgIpc) is 3.27. The highest BCUT2D eigenvalue weighted by Gasteiger charge is 2.24. The molecule has 10 heteroatoms. The number of ether oxygens (including phenoxy) is 1. The van der Waals surface area contributed by atoms with E-state index < -0.39 is 15.9 Å². The molecule has 0 spiro atoms. The molecular formula is C30H25N3O5S2. The van der Waals surface area contributed by atoms with Crippen LogP contribution in [0.15, 0.2) is 99.7 Å². The molecule has 40 heavy (non-hydrogen) atoms. The first-order valence-electron chi connectivity index (χ1n) is 12.3. The lowest BCUT2D eigenvalue weighted by molar-refractivity contribution is -0.118. The number of sulfonamides is 1. The van der Waals surface area contributed by atoms with Gasteiger partial charge in [0.15, 0.2) is 5.17 Å². The molecule has 1 heterocycles. The summed E-state index contributed by atoms with van der Waals surface area (Å²) < 4.78 is 32.3. The van der Waals surface area contributed by atoms with Crippen molar-refractivity contribution in [2.24, 2.45) is 4.99 Å². The average molecular weight is 572 g/mol. The van der Waals surface area contributed by atoms with E-state index in [4.69, 9.17) is 4.74 Å². The van der Waals surface area contributed by atoms with Crippen LogP contribution in [-0.2, 0) is 26.0 Å². The molecule has 0 atom stereocenters. The number of nitrogens with one attached hydrogen (secondary N) is 2. The normalized spacial score (nSPS) is 15.4. The molecule has 0 saturated carbocycles. The van der Waals surface area contributed by atoms with Crippen LogP contribution in [0.25, 0.3) is 16.8 Å². The van der Waals surface area contributed by atoms with Gasteiger partial charge in [0, 0.05) is 0 Å². The maximum absolute atomic E-state index is 12.5. The number of fused-ring (bicyclic) bond motifs is 1. The van der Waals surface area contributed by atoms with Gasteiger partial charge in [0.1, 0.15) is 5.75 Å². The second-order valence-electron chi connectivity index (χ2n) is 9.14. The van der Waals surface area contributed by atoms with Gasteiger partial charge >= 0.3 is 0 Å². The van der Waals surface area contributed by atoms with E-state index in [0.717, 1.165) is 27.6 Å². The Morgan fingerprint density at radius 1 is 0.975 bits per heavy atom. The monoisotopic (exact) mass is 571 g/mol. The van der Waals surface area contributed by atoms with Gasteiger partial charge < -0.3 is 10.1 Å². The molecule has 0 unspecified atom stereocenters. The number of methoxy groups -OCH3 is 1. The summed E-state index contributed by atoms with van der Waals surface area (Å²) >= 11 is 1.24. The summed E-state index contributed by atoms with van der Waals surface area (Å²) in [6, 6.07) is 24.8. The molecule has 2 N–H and O–H groups in total.